The highest BCUT2D eigenvalue weighted by atomic mass is 32.2. The standard InChI is InChI=1S/C33H29N2O6PS/c1-23-22-43-32-28(34-42(38,40-26-18-10-4-11-19-26)41-27-20-12-5-13-21-27)31(36)35(32)29(23)33(37)39-30(24-14-6-2-7-15-24)25-16-8-3-9-17-25/h2-21,28,30,32H,22H2,1H3,(H,34,38). The van der Waals surface area contributed by atoms with E-state index >= 15 is 0 Å². The Morgan fingerprint density at radius 3 is 1.77 bits per heavy atom. The summed E-state index contributed by atoms with van der Waals surface area (Å²) in [5.74, 6) is 0.107. The number of benzene rings is 4. The Hall–Kier alpha value is -4.30. The van der Waals surface area contributed by atoms with Crippen LogP contribution >= 0.6 is 19.5 Å². The molecule has 0 radical (unpaired) electrons. The molecule has 1 amide bonds. The van der Waals surface area contributed by atoms with Gasteiger partial charge >= 0.3 is 13.7 Å². The lowest BCUT2D eigenvalue weighted by molar-refractivity contribution is -0.153. The fraction of sp³-hybridized carbons (Fsp3) is 0.152. The smallest absolute Gasteiger partial charge is 0.448 e. The second-order valence-corrected chi connectivity index (χ2v) is 12.8. The van der Waals surface area contributed by atoms with Crippen molar-refractivity contribution in [2.75, 3.05) is 5.75 Å². The number of hydrogen-bond donors (Lipinski definition) is 1. The van der Waals surface area contributed by atoms with E-state index in [0.717, 1.165) is 16.7 Å². The van der Waals surface area contributed by atoms with Crippen molar-refractivity contribution in [1.29, 1.82) is 0 Å². The van der Waals surface area contributed by atoms with Crippen molar-refractivity contribution >= 4 is 31.4 Å². The molecular weight excluding hydrogens is 583 g/mol. The van der Waals surface area contributed by atoms with Gasteiger partial charge in [0.25, 0.3) is 0 Å². The molecule has 2 aliphatic heterocycles. The summed E-state index contributed by atoms with van der Waals surface area (Å²) < 4.78 is 31.8. The number of carbonyl (C=O) groups is 2. The molecule has 4 aromatic rings. The fourth-order valence-corrected chi connectivity index (χ4v) is 7.90. The number of nitrogens with one attached hydrogen (secondary N) is 1. The van der Waals surface area contributed by atoms with Crippen LogP contribution < -0.4 is 14.1 Å². The van der Waals surface area contributed by atoms with Crippen LogP contribution in [0.15, 0.2) is 133 Å². The van der Waals surface area contributed by atoms with Gasteiger partial charge in [0, 0.05) is 5.75 Å². The zero-order chi connectivity index (χ0) is 29.8. The van der Waals surface area contributed by atoms with Crippen molar-refractivity contribution in [3.05, 3.63) is 144 Å². The van der Waals surface area contributed by atoms with Gasteiger partial charge < -0.3 is 13.8 Å². The predicted octanol–water partition coefficient (Wildman–Crippen LogP) is 6.73. The highest BCUT2D eigenvalue weighted by Crippen LogP contribution is 2.49. The molecule has 0 saturated carbocycles. The number of hydrogen-bond acceptors (Lipinski definition) is 7. The highest BCUT2D eigenvalue weighted by molar-refractivity contribution is 8.00. The lowest BCUT2D eigenvalue weighted by Gasteiger charge is -2.49. The van der Waals surface area contributed by atoms with Gasteiger partial charge in [0.05, 0.1) is 0 Å². The van der Waals surface area contributed by atoms with Crippen LogP contribution in [0.3, 0.4) is 0 Å². The normalized spacial score (nSPS) is 18.1. The summed E-state index contributed by atoms with van der Waals surface area (Å²) in [7, 11) is -4.09. The van der Waals surface area contributed by atoms with Gasteiger partial charge in [-0.25, -0.2) is 9.36 Å². The van der Waals surface area contributed by atoms with Gasteiger partial charge in [-0.3, -0.25) is 9.69 Å². The van der Waals surface area contributed by atoms with Crippen LogP contribution in [0, 0.1) is 0 Å². The van der Waals surface area contributed by atoms with E-state index in [9.17, 15) is 14.2 Å². The van der Waals surface area contributed by atoms with E-state index in [-0.39, 0.29) is 5.70 Å². The molecule has 10 heteroatoms. The number of β-lactam (4-membered cyclic amide) rings is 1. The van der Waals surface area contributed by atoms with Crippen molar-refractivity contribution in [2.45, 2.75) is 24.4 Å². The number of nitrogens with zero attached hydrogens (tertiary/aromatic N) is 1. The molecule has 8 nitrogen and oxygen atoms in total. The van der Waals surface area contributed by atoms with E-state index in [2.05, 4.69) is 5.09 Å². The summed E-state index contributed by atoms with van der Waals surface area (Å²) in [5, 5.41) is 2.35. The van der Waals surface area contributed by atoms with Gasteiger partial charge in [0.1, 0.15) is 28.6 Å². The van der Waals surface area contributed by atoms with Crippen LogP contribution in [0.25, 0.3) is 0 Å². The van der Waals surface area contributed by atoms with E-state index in [1.54, 1.807) is 48.5 Å². The maximum Gasteiger partial charge on any atom is 0.513 e. The Balaban J connectivity index is 1.23. The van der Waals surface area contributed by atoms with Gasteiger partial charge in [-0.05, 0) is 47.9 Å². The number of thioether (sulfide) groups is 1. The molecule has 2 heterocycles. The predicted molar refractivity (Wildman–Crippen MR) is 165 cm³/mol. The Kier molecular flexibility index (Phi) is 8.38. The number of ether oxygens (including phenoxy) is 1. The molecule has 43 heavy (non-hydrogen) atoms. The first-order valence-corrected chi connectivity index (χ1v) is 16.3. The summed E-state index contributed by atoms with van der Waals surface area (Å²) in [4.78, 5) is 28.8. The van der Waals surface area contributed by atoms with Crippen molar-refractivity contribution in [2.24, 2.45) is 0 Å². The number of carbonyl (C=O) groups excluding carboxylic acids is 2. The Morgan fingerprint density at radius 2 is 1.28 bits per heavy atom. The highest BCUT2D eigenvalue weighted by Gasteiger charge is 2.56. The average molecular weight is 613 g/mol. The van der Waals surface area contributed by atoms with E-state index in [1.165, 1.54) is 16.7 Å². The van der Waals surface area contributed by atoms with Crippen molar-refractivity contribution < 1.29 is 27.9 Å². The van der Waals surface area contributed by atoms with Gasteiger partial charge in [0.15, 0.2) is 6.10 Å². The van der Waals surface area contributed by atoms with E-state index in [4.69, 9.17) is 13.8 Å². The van der Waals surface area contributed by atoms with Gasteiger partial charge in [0.2, 0.25) is 5.91 Å². The largest absolute Gasteiger partial charge is 0.513 e. The molecule has 2 unspecified atom stereocenters. The lowest BCUT2D eigenvalue weighted by Crippen LogP contribution is -2.69. The summed E-state index contributed by atoms with van der Waals surface area (Å²) >= 11 is 1.46. The molecule has 0 spiro atoms. The minimum atomic E-state index is -4.09. The van der Waals surface area contributed by atoms with Crippen molar-refractivity contribution in [3.63, 3.8) is 0 Å². The SMILES string of the molecule is CC1=C(C(=O)OC(c2ccccc2)c2ccccc2)N2C(=O)C(NP(=O)(Oc3ccccc3)Oc3ccccc3)C2SC1. The second kappa shape index (κ2) is 12.5. The fourth-order valence-electron chi connectivity index (χ4n) is 4.98. The Morgan fingerprint density at radius 1 is 0.814 bits per heavy atom. The maximum absolute atomic E-state index is 14.1. The summed E-state index contributed by atoms with van der Waals surface area (Å²) in [6.07, 6.45) is -0.660. The number of rotatable bonds is 10. The molecule has 0 bridgehead atoms. The molecular formula is C33H29N2O6PS. The first-order chi connectivity index (χ1) is 20.9. The molecule has 2 atom stereocenters. The van der Waals surface area contributed by atoms with E-state index in [1.807, 2.05) is 79.7 Å². The topological polar surface area (TPSA) is 94.2 Å². The molecule has 218 valence electrons. The molecule has 1 N–H and O–H groups in total. The van der Waals surface area contributed by atoms with Gasteiger partial charge in [-0.15, -0.1) is 11.8 Å². The number of esters is 1. The summed E-state index contributed by atoms with van der Waals surface area (Å²) in [6, 6.07) is 35.3. The number of fused-ring (bicyclic) bond motifs is 1. The van der Waals surface area contributed by atoms with Crippen molar-refractivity contribution in [3.8, 4) is 11.5 Å². The van der Waals surface area contributed by atoms with E-state index in [0.29, 0.717) is 17.3 Å². The van der Waals surface area contributed by atoms with Gasteiger partial charge in [-0.2, -0.15) is 5.09 Å². The number of para-hydroxylation sites is 2. The van der Waals surface area contributed by atoms with Crippen LogP contribution in [0.1, 0.15) is 24.2 Å². The molecule has 6 rings (SSSR count). The maximum atomic E-state index is 14.1. The minimum Gasteiger partial charge on any atom is -0.448 e. The average Bonchev–Trinajstić information content (AvgIpc) is 3.04. The monoisotopic (exact) mass is 612 g/mol. The second-order valence-electron chi connectivity index (χ2n) is 10.1. The Bertz CT molecular complexity index is 1590. The molecule has 1 saturated heterocycles. The third kappa shape index (κ3) is 6.25. The van der Waals surface area contributed by atoms with Crippen LogP contribution in [0.4, 0.5) is 0 Å². The number of amides is 1. The molecule has 0 aromatic heterocycles. The lowest BCUT2D eigenvalue weighted by atomic mass is 10.0. The van der Waals surface area contributed by atoms with Gasteiger partial charge in [-0.1, -0.05) is 97.1 Å². The summed E-state index contributed by atoms with van der Waals surface area (Å²) in [6.45, 7) is 1.82. The Labute approximate surface area is 254 Å². The van der Waals surface area contributed by atoms with Crippen molar-refractivity contribution in [1.82, 2.24) is 9.99 Å². The zero-order valence-corrected chi connectivity index (χ0v) is 24.9. The third-order valence-corrected chi connectivity index (χ3v) is 9.94. The quantitative estimate of drug-likeness (QED) is 0.120. The zero-order valence-electron chi connectivity index (χ0n) is 23.2. The van der Waals surface area contributed by atoms with E-state index < -0.39 is 37.1 Å². The minimum absolute atomic E-state index is 0.200. The van der Waals surface area contributed by atoms with Crippen LogP contribution in [0.2, 0.25) is 0 Å². The van der Waals surface area contributed by atoms with Crippen LogP contribution in [-0.2, 0) is 18.9 Å². The first-order valence-electron chi connectivity index (χ1n) is 13.7. The molecule has 4 aromatic carbocycles. The molecule has 1 fully saturated rings. The first kappa shape index (κ1) is 28.8. The van der Waals surface area contributed by atoms with Crippen LogP contribution in [0.5, 0.6) is 11.5 Å². The molecule has 0 aliphatic carbocycles. The third-order valence-electron chi connectivity index (χ3n) is 7.02. The molecule has 2 aliphatic rings. The summed E-state index contributed by atoms with van der Waals surface area (Å²) in [5.41, 5.74) is 2.55. The van der Waals surface area contributed by atoms with Crippen LogP contribution in [-0.4, -0.2) is 33.9 Å².